The first kappa shape index (κ1) is 15.1. The van der Waals surface area contributed by atoms with Crippen molar-refractivity contribution in [1.82, 2.24) is 5.32 Å². The van der Waals surface area contributed by atoms with Gasteiger partial charge in [0.25, 0.3) is 0 Å². The zero-order valence-corrected chi connectivity index (χ0v) is 9.79. The van der Waals surface area contributed by atoms with Gasteiger partial charge < -0.3 is 10.4 Å². The van der Waals surface area contributed by atoms with Crippen LogP contribution >= 0.6 is 11.8 Å². The summed E-state index contributed by atoms with van der Waals surface area (Å²) in [5.41, 5.74) is 0. The lowest BCUT2D eigenvalue weighted by Crippen LogP contribution is -2.41. The normalized spacial score (nSPS) is 16.4. The minimum atomic E-state index is -4.52. The Morgan fingerprint density at radius 2 is 2.00 bits per heavy atom. The highest BCUT2D eigenvalue weighted by Gasteiger charge is 2.37. The minimum Gasteiger partial charge on any atom is -0.382 e. The van der Waals surface area contributed by atoms with Crippen molar-refractivity contribution in [2.75, 3.05) is 18.1 Å². The molecule has 0 spiro atoms. The van der Waals surface area contributed by atoms with E-state index in [4.69, 9.17) is 5.11 Å². The predicted molar refractivity (Wildman–Crippen MR) is 57.1 cm³/mol. The third-order valence-corrected chi connectivity index (χ3v) is 2.87. The minimum absolute atomic E-state index is 0.000972. The van der Waals surface area contributed by atoms with Crippen LogP contribution in [-0.2, 0) is 0 Å². The molecule has 0 aromatic heterocycles. The van der Waals surface area contributed by atoms with Crippen LogP contribution in [0.5, 0.6) is 0 Å². The van der Waals surface area contributed by atoms with E-state index in [1.165, 1.54) is 0 Å². The second kappa shape index (κ2) is 7.35. The molecule has 6 heteroatoms. The van der Waals surface area contributed by atoms with Crippen molar-refractivity contribution in [3.63, 3.8) is 0 Å². The van der Waals surface area contributed by atoms with E-state index in [1.807, 2.05) is 13.8 Å². The van der Waals surface area contributed by atoms with E-state index in [2.05, 4.69) is 5.32 Å². The lowest BCUT2D eigenvalue weighted by atomic mass is 10.2. The van der Waals surface area contributed by atoms with Crippen LogP contribution in [0.4, 0.5) is 13.2 Å². The van der Waals surface area contributed by atoms with Gasteiger partial charge in [-0.05, 0) is 24.9 Å². The summed E-state index contributed by atoms with van der Waals surface area (Å²) >= 11 is 1.75. The van der Waals surface area contributed by atoms with Gasteiger partial charge in [0.15, 0.2) is 6.10 Å². The zero-order chi connectivity index (χ0) is 11.9. The number of aliphatic hydroxyl groups excluding tert-OH is 1. The number of alkyl halides is 3. The zero-order valence-electron chi connectivity index (χ0n) is 8.97. The molecule has 0 bridgehead atoms. The Hall–Kier alpha value is 0.0600. The fraction of sp³-hybridized carbons (Fsp3) is 1.00. The Labute approximate surface area is 92.6 Å². The van der Waals surface area contributed by atoms with Crippen molar-refractivity contribution in [3.05, 3.63) is 0 Å². The molecule has 0 fully saturated rings. The van der Waals surface area contributed by atoms with E-state index >= 15 is 0 Å². The first-order chi connectivity index (χ1) is 6.88. The van der Waals surface area contributed by atoms with Gasteiger partial charge in [0, 0.05) is 12.6 Å². The highest BCUT2D eigenvalue weighted by atomic mass is 32.2. The van der Waals surface area contributed by atoms with Gasteiger partial charge in [-0.25, -0.2) is 0 Å². The maximum absolute atomic E-state index is 11.9. The number of hydrogen-bond donors (Lipinski definition) is 2. The number of nitrogens with one attached hydrogen (secondary N) is 1. The molecule has 0 amide bonds. The maximum atomic E-state index is 11.9. The van der Waals surface area contributed by atoms with Crippen LogP contribution in [0.1, 0.15) is 20.3 Å². The number of rotatable bonds is 7. The number of thioether (sulfide) groups is 1. The summed E-state index contributed by atoms with van der Waals surface area (Å²) in [6.45, 7) is 3.43. The Balaban J connectivity index is 3.57. The monoisotopic (exact) mass is 245 g/mol. The number of halogens is 3. The van der Waals surface area contributed by atoms with Crippen LogP contribution in [0, 0.1) is 0 Å². The molecule has 0 aliphatic rings. The van der Waals surface area contributed by atoms with Crippen molar-refractivity contribution < 1.29 is 18.3 Å². The van der Waals surface area contributed by atoms with Crippen molar-refractivity contribution >= 4 is 11.8 Å². The molecule has 0 heterocycles. The molecule has 0 radical (unpaired) electrons. The van der Waals surface area contributed by atoms with E-state index in [0.29, 0.717) is 0 Å². The second-order valence-corrected chi connectivity index (χ2v) is 4.75. The summed E-state index contributed by atoms with van der Waals surface area (Å²) in [6.07, 6.45) is -5.98. The topological polar surface area (TPSA) is 32.3 Å². The van der Waals surface area contributed by atoms with E-state index in [1.54, 1.807) is 11.8 Å². The van der Waals surface area contributed by atoms with Crippen LogP contribution in [0.15, 0.2) is 0 Å². The predicted octanol–water partition coefficient (Wildman–Crippen LogP) is 2.03. The van der Waals surface area contributed by atoms with E-state index in [0.717, 1.165) is 17.9 Å². The highest BCUT2D eigenvalue weighted by Crippen LogP contribution is 2.19. The molecule has 2 unspecified atom stereocenters. The maximum Gasteiger partial charge on any atom is 0.415 e. The third-order valence-electron chi connectivity index (χ3n) is 1.94. The van der Waals surface area contributed by atoms with E-state index in [-0.39, 0.29) is 6.04 Å². The Morgan fingerprint density at radius 1 is 1.40 bits per heavy atom. The largest absolute Gasteiger partial charge is 0.415 e. The summed E-state index contributed by atoms with van der Waals surface area (Å²) in [5, 5.41) is 11.4. The van der Waals surface area contributed by atoms with Crippen LogP contribution in [0.2, 0.25) is 0 Å². The van der Waals surface area contributed by atoms with Crippen molar-refractivity contribution in [2.45, 2.75) is 38.6 Å². The molecular formula is C9H18F3NOS. The molecule has 0 saturated carbocycles. The summed E-state index contributed by atoms with van der Waals surface area (Å²) in [7, 11) is 0. The van der Waals surface area contributed by atoms with Gasteiger partial charge in [0.2, 0.25) is 0 Å². The second-order valence-electron chi connectivity index (χ2n) is 3.35. The highest BCUT2D eigenvalue weighted by molar-refractivity contribution is 7.99. The average Bonchev–Trinajstić information content (AvgIpc) is 2.13. The van der Waals surface area contributed by atoms with Crippen molar-refractivity contribution in [3.8, 4) is 0 Å². The lowest BCUT2D eigenvalue weighted by molar-refractivity contribution is -0.202. The molecule has 2 N–H and O–H groups in total. The van der Waals surface area contributed by atoms with Crippen LogP contribution in [-0.4, -0.2) is 41.5 Å². The molecule has 92 valence electrons. The van der Waals surface area contributed by atoms with Gasteiger partial charge in [0.05, 0.1) is 0 Å². The number of aliphatic hydroxyl groups is 1. The smallest absolute Gasteiger partial charge is 0.382 e. The van der Waals surface area contributed by atoms with E-state index < -0.39 is 18.8 Å². The first-order valence-electron chi connectivity index (χ1n) is 4.93. The number of hydrogen-bond acceptors (Lipinski definition) is 3. The van der Waals surface area contributed by atoms with Crippen LogP contribution in [0.3, 0.4) is 0 Å². The molecule has 0 aromatic carbocycles. The van der Waals surface area contributed by atoms with Crippen LogP contribution < -0.4 is 5.32 Å². The quantitative estimate of drug-likeness (QED) is 0.673. The molecule has 2 nitrogen and oxygen atoms in total. The van der Waals surface area contributed by atoms with Gasteiger partial charge in [-0.1, -0.05) is 6.92 Å². The molecule has 15 heavy (non-hydrogen) atoms. The first-order valence-corrected chi connectivity index (χ1v) is 6.09. The fourth-order valence-electron chi connectivity index (χ4n) is 0.935. The van der Waals surface area contributed by atoms with Crippen LogP contribution in [0.25, 0.3) is 0 Å². The third kappa shape index (κ3) is 7.93. The lowest BCUT2D eigenvalue weighted by Gasteiger charge is -2.18. The Morgan fingerprint density at radius 3 is 2.47 bits per heavy atom. The van der Waals surface area contributed by atoms with E-state index in [9.17, 15) is 13.2 Å². The summed E-state index contributed by atoms with van der Waals surface area (Å²) in [6, 6.07) is 0.000972. The SMILES string of the molecule is CCSCCC(C)NCC(O)C(F)(F)F. The molecule has 2 atom stereocenters. The molecule has 0 aliphatic heterocycles. The molecule has 0 saturated heterocycles. The van der Waals surface area contributed by atoms with Gasteiger partial charge in [0.1, 0.15) is 0 Å². The fourth-order valence-corrected chi connectivity index (χ4v) is 1.74. The van der Waals surface area contributed by atoms with Gasteiger partial charge in [-0.15, -0.1) is 0 Å². The summed E-state index contributed by atoms with van der Waals surface area (Å²) in [5.74, 6) is 1.94. The molecule has 0 aliphatic carbocycles. The molecular weight excluding hydrogens is 227 g/mol. The summed E-state index contributed by atoms with van der Waals surface area (Å²) < 4.78 is 35.7. The van der Waals surface area contributed by atoms with Gasteiger partial charge >= 0.3 is 6.18 Å². The van der Waals surface area contributed by atoms with Gasteiger partial charge in [-0.2, -0.15) is 24.9 Å². The molecule has 0 aromatic rings. The summed E-state index contributed by atoms with van der Waals surface area (Å²) in [4.78, 5) is 0. The Kier molecular flexibility index (Phi) is 7.38. The van der Waals surface area contributed by atoms with Gasteiger partial charge in [-0.3, -0.25) is 0 Å². The van der Waals surface area contributed by atoms with Crippen molar-refractivity contribution in [1.29, 1.82) is 0 Å². The standard InChI is InChI=1S/C9H18F3NOS/c1-3-15-5-4-7(2)13-6-8(14)9(10,11)12/h7-8,13-14H,3-6H2,1-2H3. The Bertz CT molecular complexity index is 166. The van der Waals surface area contributed by atoms with Crippen molar-refractivity contribution in [2.24, 2.45) is 0 Å². The average molecular weight is 245 g/mol. The molecule has 0 rings (SSSR count).